The van der Waals surface area contributed by atoms with E-state index < -0.39 is 5.41 Å². The molecule has 1 atom stereocenters. The third-order valence-corrected chi connectivity index (χ3v) is 10.1. The molecule has 10 rings (SSSR count). The van der Waals surface area contributed by atoms with Crippen LogP contribution in [0.4, 0.5) is 17.1 Å². The van der Waals surface area contributed by atoms with Crippen LogP contribution in [0.5, 0.6) is 11.5 Å². The first-order valence-electron chi connectivity index (χ1n) is 16.2. The van der Waals surface area contributed by atoms with Crippen molar-refractivity contribution in [1.82, 2.24) is 0 Å². The zero-order valence-corrected chi connectivity index (χ0v) is 25.6. The van der Waals surface area contributed by atoms with Gasteiger partial charge in [0.2, 0.25) is 0 Å². The molecule has 2 heteroatoms. The van der Waals surface area contributed by atoms with Crippen molar-refractivity contribution in [3.8, 4) is 22.6 Å². The lowest BCUT2D eigenvalue weighted by atomic mass is 9.64. The molecule has 1 spiro atoms. The van der Waals surface area contributed by atoms with Crippen LogP contribution in [0.25, 0.3) is 32.7 Å². The van der Waals surface area contributed by atoms with Gasteiger partial charge in [-0.05, 0) is 80.9 Å². The van der Waals surface area contributed by atoms with Gasteiger partial charge in [0.15, 0.2) is 0 Å². The summed E-state index contributed by atoms with van der Waals surface area (Å²) in [6, 6.07) is 63.5. The molecule has 8 aromatic rings. The maximum atomic E-state index is 7.02. The highest BCUT2D eigenvalue weighted by atomic mass is 16.5. The summed E-state index contributed by atoms with van der Waals surface area (Å²) in [5.41, 5.74) is 10.2. The summed E-state index contributed by atoms with van der Waals surface area (Å²) in [5.74, 6) is 1.84. The second kappa shape index (κ2) is 9.94. The molecule has 1 aliphatic carbocycles. The van der Waals surface area contributed by atoms with Gasteiger partial charge in [-0.1, -0.05) is 133 Å². The maximum absolute atomic E-state index is 7.02. The third-order valence-electron chi connectivity index (χ3n) is 10.1. The van der Waals surface area contributed by atoms with Crippen LogP contribution in [0, 0.1) is 0 Å². The van der Waals surface area contributed by atoms with Crippen LogP contribution in [0.2, 0.25) is 0 Å². The molecule has 2 aliphatic rings. The first-order valence-corrected chi connectivity index (χ1v) is 16.2. The molecule has 2 nitrogen and oxygen atoms in total. The van der Waals surface area contributed by atoms with Gasteiger partial charge in [0.1, 0.15) is 11.5 Å². The standard InChI is InChI=1S/C45H29NO/c1-3-15-30(16-4-1)46(31-17-5-2-6-18-31)32-27-28-36-35-21-11-12-24-39(35)45(41(36)29-32)40-25-13-14-26-42(40)47-44-38-23-10-8-20-34(38)33-19-7-9-22-37(33)43(44)45/h1-29H. The number of hydrogen-bond donors (Lipinski definition) is 0. The predicted octanol–water partition coefficient (Wildman–Crippen LogP) is 11.9. The minimum atomic E-state index is -0.602. The van der Waals surface area contributed by atoms with E-state index in [-0.39, 0.29) is 0 Å². The van der Waals surface area contributed by atoms with Gasteiger partial charge in [-0.3, -0.25) is 0 Å². The molecule has 220 valence electrons. The molecule has 0 aromatic heterocycles. The molecule has 8 aromatic carbocycles. The van der Waals surface area contributed by atoms with Gasteiger partial charge in [-0.2, -0.15) is 0 Å². The lowest BCUT2D eigenvalue weighted by Gasteiger charge is -2.41. The van der Waals surface area contributed by atoms with E-state index in [1.807, 2.05) is 0 Å². The van der Waals surface area contributed by atoms with Crippen molar-refractivity contribution in [3.05, 3.63) is 198 Å². The van der Waals surface area contributed by atoms with Gasteiger partial charge < -0.3 is 9.64 Å². The van der Waals surface area contributed by atoms with E-state index in [4.69, 9.17) is 4.74 Å². The molecular formula is C45H29NO. The minimum absolute atomic E-state index is 0.602. The molecular weight excluding hydrogens is 571 g/mol. The monoisotopic (exact) mass is 599 g/mol. The number of benzene rings is 8. The van der Waals surface area contributed by atoms with Crippen molar-refractivity contribution in [2.24, 2.45) is 0 Å². The van der Waals surface area contributed by atoms with Crippen molar-refractivity contribution in [2.45, 2.75) is 5.41 Å². The molecule has 0 saturated carbocycles. The van der Waals surface area contributed by atoms with Crippen LogP contribution in [0.3, 0.4) is 0 Å². The van der Waals surface area contributed by atoms with Crippen LogP contribution in [0.15, 0.2) is 176 Å². The Labute approximate surface area is 273 Å². The van der Waals surface area contributed by atoms with Gasteiger partial charge in [0.25, 0.3) is 0 Å². The normalized spacial score (nSPS) is 15.5. The molecule has 1 unspecified atom stereocenters. The second-order valence-corrected chi connectivity index (χ2v) is 12.4. The summed E-state index contributed by atoms with van der Waals surface area (Å²) in [4.78, 5) is 2.36. The van der Waals surface area contributed by atoms with Gasteiger partial charge >= 0.3 is 0 Å². The summed E-state index contributed by atoms with van der Waals surface area (Å²) in [6.07, 6.45) is 0. The summed E-state index contributed by atoms with van der Waals surface area (Å²) in [7, 11) is 0. The highest BCUT2D eigenvalue weighted by Crippen LogP contribution is 2.65. The molecule has 0 amide bonds. The Bertz CT molecular complexity index is 2460. The van der Waals surface area contributed by atoms with E-state index in [1.165, 1.54) is 49.5 Å². The van der Waals surface area contributed by atoms with E-state index in [9.17, 15) is 0 Å². The lowest BCUT2D eigenvalue weighted by Crippen LogP contribution is -2.32. The molecule has 47 heavy (non-hydrogen) atoms. The number of ether oxygens (including phenoxy) is 1. The number of nitrogens with zero attached hydrogens (tertiary/aromatic N) is 1. The average molecular weight is 600 g/mol. The highest BCUT2D eigenvalue weighted by Gasteiger charge is 2.52. The van der Waals surface area contributed by atoms with Crippen LogP contribution < -0.4 is 9.64 Å². The van der Waals surface area contributed by atoms with Crippen LogP contribution in [0.1, 0.15) is 22.3 Å². The zero-order valence-electron chi connectivity index (χ0n) is 25.6. The topological polar surface area (TPSA) is 12.5 Å². The highest BCUT2D eigenvalue weighted by molar-refractivity contribution is 6.14. The number of fused-ring (bicyclic) bond motifs is 14. The molecule has 0 N–H and O–H groups in total. The Kier molecular flexibility index (Phi) is 5.53. The van der Waals surface area contributed by atoms with Gasteiger partial charge in [0, 0.05) is 33.6 Å². The fourth-order valence-electron chi connectivity index (χ4n) is 8.26. The fraction of sp³-hybridized carbons (Fsp3) is 0.0222. The van der Waals surface area contributed by atoms with Crippen molar-refractivity contribution in [3.63, 3.8) is 0 Å². The van der Waals surface area contributed by atoms with E-state index >= 15 is 0 Å². The Morgan fingerprint density at radius 3 is 1.64 bits per heavy atom. The summed E-state index contributed by atoms with van der Waals surface area (Å²) >= 11 is 0. The van der Waals surface area contributed by atoms with E-state index in [1.54, 1.807) is 0 Å². The van der Waals surface area contributed by atoms with E-state index in [0.717, 1.165) is 33.9 Å². The Morgan fingerprint density at radius 1 is 0.383 bits per heavy atom. The summed E-state index contributed by atoms with van der Waals surface area (Å²) in [5, 5.41) is 4.79. The Balaban J connectivity index is 1.38. The van der Waals surface area contributed by atoms with Gasteiger partial charge in [0.05, 0.1) is 5.41 Å². The Morgan fingerprint density at radius 2 is 0.915 bits per heavy atom. The van der Waals surface area contributed by atoms with Crippen molar-refractivity contribution < 1.29 is 4.74 Å². The first-order chi connectivity index (χ1) is 23.3. The largest absolute Gasteiger partial charge is 0.456 e. The van der Waals surface area contributed by atoms with E-state index in [0.29, 0.717) is 0 Å². The molecule has 1 heterocycles. The molecule has 1 aliphatic heterocycles. The number of rotatable bonds is 3. The average Bonchev–Trinajstić information content (AvgIpc) is 3.42. The molecule has 0 radical (unpaired) electrons. The third kappa shape index (κ3) is 3.55. The molecule has 0 bridgehead atoms. The van der Waals surface area contributed by atoms with Gasteiger partial charge in [-0.25, -0.2) is 0 Å². The first kappa shape index (κ1) is 26.1. The van der Waals surface area contributed by atoms with Crippen molar-refractivity contribution >= 4 is 38.6 Å². The van der Waals surface area contributed by atoms with Crippen LogP contribution in [-0.4, -0.2) is 0 Å². The van der Waals surface area contributed by atoms with Crippen molar-refractivity contribution in [1.29, 1.82) is 0 Å². The predicted molar refractivity (Wildman–Crippen MR) is 194 cm³/mol. The van der Waals surface area contributed by atoms with Crippen LogP contribution in [-0.2, 0) is 5.41 Å². The number of para-hydroxylation sites is 3. The summed E-state index contributed by atoms with van der Waals surface area (Å²) < 4.78 is 7.02. The van der Waals surface area contributed by atoms with Crippen LogP contribution >= 0.6 is 0 Å². The minimum Gasteiger partial charge on any atom is -0.456 e. The van der Waals surface area contributed by atoms with Gasteiger partial charge in [-0.15, -0.1) is 0 Å². The maximum Gasteiger partial charge on any atom is 0.140 e. The smallest absolute Gasteiger partial charge is 0.140 e. The Hall–Kier alpha value is -6.12. The molecule has 0 fully saturated rings. The lowest BCUT2D eigenvalue weighted by molar-refractivity contribution is 0.443. The second-order valence-electron chi connectivity index (χ2n) is 12.4. The number of hydrogen-bond acceptors (Lipinski definition) is 2. The SMILES string of the molecule is c1ccc(N(c2ccccc2)c2ccc3c(c2)C2(c4ccccc4Oc4c2c2ccccc2c2ccccc42)c2ccccc2-3)cc1. The quantitative estimate of drug-likeness (QED) is 0.187. The fourth-order valence-corrected chi connectivity index (χ4v) is 8.26. The van der Waals surface area contributed by atoms with Crippen molar-refractivity contribution in [2.75, 3.05) is 4.90 Å². The molecule has 0 saturated heterocycles. The summed E-state index contributed by atoms with van der Waals surface area (Å²) in [6.45, 7) is 0. The van der Waals surface area contributed by atoms with E-state index in [2.05, 4.69) is 181 Å². The number of anilines is 3. The zero-order chi connectivity index (χ0) is 31.0.